The molecule has 0 saturated carbocycles. The van der Waals surface area contributed by atoms with Gasteiger partial charge in [0.1, 0.15) is 7.57 Å². The van der Waals surface area contributed by atoms with Crippen molar-refractivity contribution in [2.75, 3.05) is 12.0 Å². The Labute approximate surface area is 153 Å². The molecule has 0 saturated heterocycles. The van der Waals surface area contributed by atoms with Crippen LogP contribution in [0.5, 0.6) is 0 Å². The molecule has 3 aromatic rings. The zero-order valence-corrected chi connectivity index (χ0v) is 16.3. The van der Waals surface area contributed by atoms with Crippen LogP contribution in [-0.4, -0.2) is 38.7 Å². The molecule has 0 bridgehead atoms. The van der Waals surface area contributed by atoms with Crippen molar-refractivity contribution in [2.24, 2.45) is 0 Å². The summed E-state index contributed by atoms with van der Waals surface area (Å²) < 4.78 is 1.96. The van der Waals surface area contributed by atoms with Gasteiger partial charge in [0.2, 0.25) is 5.95 Å². The number of hydrogen-bond donors (Lipinski definition) is 1. The minimum atomic E-state index is -0.795. The van der Waals surface area contributed by atoms with E-state index >= 15 is 0 Å². The van der Waals surface area contributed by atoms with E-state index in [0.29, 0.717) is 5.95 Å². The van der Waals surface area contributed by atoms with Gasteiger partial charge in [-0.05, 0) is 27.6 Å². The van der Waals surface area contributed by atoms with Crippen molar-refractivity contribution in [2.45, 2.75) is 32.6 Å². The maximum Gasteiger partial charge on any atom is 0.229 e. The summed E-state index contributed by atoms with van der Waals surface area (Å²) in [6.07, 6.45) is 4.54. The Balaban J connectivity index is 1.78. The number of nitrogens with zero attached hydrogens (tertiary/aromatic N) is 5. The molecular weight excluding hydrogens is 350 g/mol. The van der Waals surface area contributed by atoms with E-state index in [4.69, 9.17) is 12.5 Å². The SMILES string of the molecule is [B]P(C)n1ncc2c1CC(C)(C)c1sc(Nc3nccc(C)n3)nc1-2. The number of thiazole rings is 1. The van der Waals surface area contributed by atoms with Crippen molar-refractivity contribution in [1.29, 1.82) is 0 Å². The van der Waals surface area contributed by atoms with Gasteiger partial charge in [-0.15, -0.1) is 11.3 Å². The maximum atomic E-state index is 6.13. The Bertz CT molecular complexity index is 948. The highest BCUT2D eigenvalue weighted by Gasteiger charge is 2.37. The molecule has 25 heavy (non-hydrogen) atoms. The Morgan fingerprint density at radius 2 is 2.16 bits per heavy atom. The van der Waals surface area contributed by atoms with Gasteiger partial charge in [-0.3, -0.25) is 4.45 Å². The molecule has 1 aliphatic rings. The topological polar surface area (TPSA) is 68.5 Å². The summed E-state index contributed by atoms with van der Waals surface area (Å²) in [5.74, 6) is 0.568. The van der Waals surface area contributed by atoms with Crippen molar-refractivity contribution in [3.8, 4) is 11.3 Å². The molecule has 3 aromatic heterocycles. The Morgan fingerprint density at radius 3 is 2.88 bits per heavy atom. The predicted molar refractivity (Wildman–Crippen MR) is 104 cm³/mol. The van der Waals surface area contributed by atoms with Gasteiger partial charge in [-0.25, -0.2) is 15.0 Å². The second kappa shape index (κ2) is 5.89. The van der Waals surface area contributed by atoms with Crippen LogP contribution in [0, 0.1) is 6.92 Å². The molecule has 1 atom stereocenters. The van der Waals surface area contributed by atoms with Crippen LogP contribution in [0.25, 0.3) is 11.3 Å². The molecule has 2 radical (unpaired) electrons. The third-order valence-electron chi connectivity index (χ3n) is 4.27. The van der Waals surface area contributed by atoms with Gasteiger partial charge < -0.3 is 5.32 Å². The molecule has 0 fully saturated rings. The summed E-state index contributed by atoms with van der Waals surface area (Å²) in [6, 6.07) is 1.87. The predicted octanol–water partition coefficient (Wildman–Crippen LogP) is 3.64. The summed E-state index contributed by atoms with van der Waals surface area (Å²) in [7, 11) is 5.34. The molecular formula is C16H18BN6PS. The number of hydrogen-bond acceptors (Lipinski definition) is 6. The van der Waals surface area contributed by atoms with Crippen molar-refractivity contribution < 1.29 is 0 Å². The second-order valence-corrected chi connectivity index (χ2v) is 9.40. The molecule has 3 heterocycles. The first-order chi connectivity index (χ1) is 11.8. The lowest BCUT2D eigenvalue weighted by Crippen LogP contribution is -2.25. The van der Waals surface area contributed by atoms with Gasteiger partial charge >= 0.3 is 0 Å². The largest absolute Gasteiger partial charge is 0.300 e. The molecule has 0 aliphatic heterocycles. The van der Waals surface area contributed by atoms with Crippen molar-refractivity contribution in [1.82, 2.24) is 24.5 Å². The first-order valence-electron chi connectivity index (χ1n) is 7.99. The molecule has 0 aromatic carbocycles. The first-order valence-corrected chi connectivity index (χ1v) is 10.6. The number of nitrogens with one attached hydrogen (secondary N) is 1. The lowest BCUT2D eigenvalue weighted by Gasteiger charge is -2.29. The highest BCUT2D eigenvalue weighted by atomic mass is 32.1. The number of aromatic nitrogens is 5. The van der Waals surface area contributed by atoms with Crippen LogP contribution in [0.2, 0.25) is 0 Å². The van der Waals surface area contributed by atoms with E-state index in [1.165, 1.54) is 10.6 Å². The molecule has 0 amide bonds. The van der Waals surface area contributed by atoms with Gasteiger partial charge in [0, 0.05) is 34.2 Å². The lowest BCUT2D eigenvalue weighted by molar-refractivity contribution is 0.516. The molecule has 126 valence electrons. The summed E-state index contributed by atoms with van der Waals surface area (Å²) in [5.41, 5.74) is 4.16. The van der Waals surface area contributed by atoms with Gasteiger partial charge in [-0.1, -0.05) is 13.8 Å². The molecule has 1 unspecified atom stereocenters. The summed E-state index contributed by atoms with van der Waals surface area (Å²) >= 11 is 1.66. The Hall–Kier alpha value is -1.79. The fourth-order valence-electron chi connectivity index (χ4n) is 3.12. The number of rotatable bonds is 3. The van der Waals surface area contributed by atoms with E-state index < -0.39 is 7.95 Å². The average molecular weight is 368 g/mol. The third-order valence-corrected chi connectivity index (χ3v) is 6.55. The van der Waals surface area contributed by atoms with E-state index in [2.05, 4.69) is 34.2 Å². The van der Waals surface area contributed by atoms with Crippen LogP contribution >= 0.6 is 19.3 Å². The minimum absolute atomic E-state index is 0.0173. The van der Waals surface area contributed by atoms with Crippen LogP contribution in [0.4, 0.5) is 11.1 Å². The molecule has 9 heteroatoms. The van der Waals surface area contributed by atoms with Crippen molar-refractivity contribution in [3.63, 3.8) is 0 Å². The summed E-state index contributed by atoms with van der Waals surface area (Å²) in [4.78, 5) is 14.7. The minimum Gasteiger partial charge on any atom is -0.300 e. The monoisotopic (exact) mass is 368 g/mol. The number of aryl methyl sites for hydroxylation is 1. The van der Waals surface area contributed by atoms with Gasteiger partial charge in [0.25, 0.3) is 0 Å². The maximum absolute atomic E-state index is 6.13. The van der Waals surface area contributed by atoms with E-state index in [1.807, 2.05) is 30.3 Å². The van der Waals surface area contributed by atoms with Crippen LogP contribution < -0.4 is 5.32 Å². The number of fused-ring (bicyclic) bond motifs is 3. The average Bonchev–Trinajstić information content (AvgIpc) is 3.11. The third kappa shape index (κ3) is 2.87. The zero-order valence-electron chi connectivity index (χ0n) is 14.6. The van der Waals surface area contributed by atoms with Crippen LogP contribution in [0.1, 0.15) is 30.1 Å². The molecule has 1 aliphatic carbocycles. The van der Waals surface area contributed by atoms with Crippen molar-refractivity contribution >= 4 is 37.9 Å². The zero-order chi connectivity index (χ0) is 17.8. The van der Waals surface area contributed by atoms with Crippen LogP contribution in [0.15, 0.2) is 18.5 Å². The lowest BCUT2D eigenvalue weighted by atomic mass is 9.79. The Morgan fingerprint density at radius 1 is 1.36 bits per heavy atom. The normalized spacial score (nSPS) is 16.2. The quantitative estimate of drug-likeness (QED) is 0.565. The number of anilines is 2. The van der Waals surface area contributed by atoms with Gasteiger partial charge in [0.05, 0.1) is 17.6 Å². The fraction of sp³-hybridized carbons (Fsp3) is 0.375. The van der Waals surface area contributed by atoms with E-state index in [0.717, 1.165) is 28.5 Å². The standard InChI is InChI=1S/C16H18BN6PS/c1-9-5-6-18-14(20-9)22-15-21-12-10-8-19-23(24(4)17)11(10)7-16(2,3)13(12)25-15/h5-6,8H,7H2,1-4H3,(H,18,20,21,22). The van der Waals surface area contributed by atoms with Crippen LogP contribution in [-0.2, 0) is 11.8 Å². The van der Waals surface area contributed by atoms with Crippen LogP contribution in [0.3, 0.4) is 0 Å². The van der Waals surface area contributed by atoms with Gasteiger partial charge in [0.15, 0.2) is 5.13 Å². The first kappa shape index (κ1) is 16.7. The molecule has 4 rings (SSSR count). The van der Waals surface area contributed by atoms with Gasteiger partial charge in [-0.2, -0.15) is 5.10 Å². The Kier molecular flexibility index (Phi) is 3.92. The molecule has 0 spiro atoms. The van der Waals surface area contributed by atoms with Crippen molar-refractivity contribution in [3.05, 3.63) is 34.7 Å². The van der Waals surface area contributed by atoms with E-state index in [9.17, 15) is 0 Å². The second-order valence-electron chi connectivity index (χ2n) is 6.87. The highest BCUT2D eigenvalue weighted by Crippen LogP contribution is 2.48. The fourth-order valence-corrected chi connectivity index (χ4v) is 4.97. The smallest absolute Gasteiger partial charge is 0.229 e. The summed E-state index contributed by atoms with van der Waals surface area (Å²) in [6.45, 7) is 8.44. The van der Waals surface area contributed by atoms with E-state index in [1.54, 1.807) is 17.5 Å². The molecule has 6 nitrogen and oxygen atoms in total. The highest BCUT2D eigenvalue weighted by molar-refractivity contribution is 7.80. The summed E-state index contributed by atoms with van der Waals surface area (Å²) in [5, 5.41) is 8.55. The molecule has 1 N–H and O–H groups in total. The van der Waals surface area contributed by atoms with E-state index in [-0.39, 0.29) is 5.41 Å².